The van der Waals surface area contributed by atoms with E-state index in [1.807, 2.05) is 19.1 Å². The molecule has 0 aromatic heterocycles. The van der Waals surface area contributed by atoms with Crippen molar-refractivity contribution in [3.05, 3.63) is 95.7 Å². The molecule has 4 rings (SSSR count). The van der Waals surface area contributed by atoms with Gasteiger partial charge in [0.25, 0.3) is 11.8 Å². The molecule has 0 saturated carbocycles. The predicted molar refractivity (Wildman–Crippen MR) is 118 cm³/mol. The van der Waals surface area contributed by atoms with Crippen LogP contribution in [0.3, 0.4) is 0 Å². The van der Waals surface area contributed by atoms with Crippen LogP contribution < -0.4 is 15.0 Å². The van der Waals surface area contributed by atoms with E-state index in [4.69, 9.17) is 0 Å². The first-order chi connectivity index (χ1) is 15.8. The lowest BCUT2D eigenvalue weighted by Crippen LogP contribution is -2.32. The first-order valence-electron chi connectivity index (χ1n) is 10.2. The van der Waals surface area contributed by atoms with Crippen molar-refractivity contribution in [2.75, 3.05) is 10.2 Å². The number of hydrogen-bond acceptors (Lipinski definition) is 4. The fraction of sp³-hybridized carbons (Fsp3) is 0.120. The molecule has 0 fully saturated rings. The maximum Gasteiger partial charge on any atom is 0.573 e. The number of anilines is 2. The molecule has 3 aromatic rings. The van der Waals surface area contributed by atoms with Gasteiger partial charge in [0, 0.05) is 11.8 Å². The second kappa shape index (κ2) is 8.82. The van der Waals surface area contributed by atoms with Crippen LogP contribution in [0.2, 0.25) is 0 Å². The van der Waals surface area contributed by atoms with E-state index in [1.54, 1.807) is 42.5 Å². The minimum atomic E-state index is -4.90. The number of benzene rings is 3. The number of alkyl halides is 3. The number of carbonyl (C=O) groups excluding carboxylic acids is 2. The van der Waals surface area contributed by atoms with Gasteiger partial charge in [-0.15, -0.1) is 13.2 Å². The predicted octanol–water partition coefficient (Wildman–Crippen LogP) is 5.54. The standard InChI is InChI=1S/C25H19F3N2O3/c1-2-16-11-13-18(14-12-16)29-22-21(17-7-4-3-5-8-17)23(31)30(24(22)32)19-9-6-10-20(15-19)33-25(26,27)28/h3-15,29H,2H2,1H3. The molecule has 0 unspecified atom stereocenters. The highest BCUT2D eigenvalue weighted by molar-refractivity contribution is 6.46. The summed E-state index contributed by atoms with van der Waals surface area (Å²) in [7, 11) is 0. The summed E-state index contributed by atoms with van der Waals surface area (Å²) in [6, 6.07) is 20.8. The molecule has 5 nitrogen and oxygen atoms in total. The summed E-state index contributed by atoms with van der Waals surface area (Å²) in [6.07, 6.45) is -4.05. The molecular formula is C25H19F3N2O3. The van der Waals surface area contributed by atoms with Gasteiger partial charge < -0.3 is 10.1 Å². The second-order valence-electron chi connectivity index (χ2n) is 7.28. The molecule has 0 saturated heterocycles. The van der Waals surface area contributed by atoms with Crippen LogP contribution in [0.25, 0.3) is 5.57 Å². The molecule has 0 bridgehead atoms. The van der Waals surface area contributed by atoms with Crippen molar-refractivity contribution in [2.24, 2.45) is 0 Å². The van der Waals surface area contributed by atoms with Gasteiger partial charge >= 0.3 is 6.36 Å². The lowest BCUT2D eigenvalue weighted by molar-refractivity contribution is -0.274. The molecule has 1 N–H and O–H groups in total. The highest BCUT2D eigenvalue weighted by atomic mass is 19.4. The number of nitrogens with one attached hydrogen (secondary N) is 1. The minimum Gasteiger partial charge on any atom is -0.406 e. The molecule has 3 aromatic carbocycles. The van der Waals surface area contributed by atoms with E-state index in [0.717, 1.165) is 29.0 Å². The number of aryl methyl sites for hydroxylation is 1. The molecule has 0 radical (unpaired) electrons. The molecule has 2 amide bonds. The van der Waals surface area contributed by atoms with E-state index < -0.39 is 23.9 Å². The van der Waals surface area contributed by atoms with Gasteiger partial charge in [0.15, 0.2) is 0 Å². The third-order valence-corrected chi connectivity index (χ3v) is 5.09. The number of imide groups is 1. The zero-order chi connectivity index (χ0) is 23.6. The number of carbonyl (C=O) groups is 2. The number of rotatable bonds is 6. The third-order valence-electron chi connectivity index (χ3n) is 5.09. The third kappa shape index (κ3) is 4.74. The molecule has 1 aliphatic heterocycles. The Hall–Kier alpha value is -4.07. The van der Waals surface area contributed by atoms with Crippen LogP contribution >= 0.6 is 0 Å². The zero-order valence-corrected chi connectivity index (χ0v) is 17.5. The van der Waals surface area contributed by atoms with Crippen molar-refractivity contribution in [1.29, 1.82) is 0 Å². The van der Waals surface area contributed by atoms with E-state index in [1.165, 1.54) is 12.1 Å². The Morgan fingerprint density at radius 2 is 1.58 bits per heavy atom. The molecule has 8 heteroatoms. The largest absolute Gasteiger partial charge is 0.573 e. The Kier molecular flexibility index (Phi) is 5.91. The van der Waals surface area contributed by atoms with Gasteiger partial charge in [-0.25, -0.2) is 4.90 Å². The summed E-state index contributed by atoms with van der Waals surface area (Å²) >= 11 is 0. The molecule has 1 aliphatic rings. The molecule has 0 aliphatic carbocycles. The van der Waals surface area contributed by atoms with E-state index in [-0.39, 0.29) is 17.0 Å². The number of amides is 2. The molecular weight excluding hydrogens is 433 g/mol. The van der Waals surface area contributed by atoms with E-state index in [0.29, 0.717) is 11.3 Å². The fourth-order valence-electron chi connectivity index (χ4n) is 3.54. The van der Waals surface area contributed by atoms with Gasteiger partial charge in [0.1, 0.15) is 11.4 Å². The topological polar surface area (TPSA) is 58.6 Å². The Bertz CT molecular complexity index is 1220. The summed E-state index contributed by atoms with van der Waals surface area (Å²) < 4.78 is 41.9. The van der Waals surface area contributed by atoms with Gasteiger partial charge in [0.2, 0.25) is 0 Å². The van der Waals surface area contributed by atoms with Crippen LogP contribution in [0.4, 0.5) is 24.5 Å². The number of hydrogen-bond donors (Lipinski definition) is 1. The van der Waals surface area contributed by atoms with Crippen LogP contribution in [-0.4, -0.2) is 18.2 Å². The van der Waals surface area contributed by atoms with Gasteiger partial charge in [-0.05, 0) is 41.8 Å². The first kappa shape index (κ1) is 22.1. The summed E-state index contributed by atoms with van der Waals surface area (Å²) in [5, 5.41) is 3.03. The zero-order valence-electron chi connectivity index (χ0n) is 17.5. The Labute approximate surface area is 188 Å². The molecule has 1 heterocycles. The van der Waals surface area contributed by atoms with Crippen LogP contribution in [0.15, 0.2) is 84.6 Å². The quantitative estimate of drug-likeness (QED) is 0.499. The van der Waals surface area contributed by atoms with Crippen LogP contribution in [-0.2, 0) is 16.0 Å². The van der Waals surface area contributed by atoms with E-state index >= 15 is 0 Å². The van der Waals surface area contributed by atoms with Gasteiger partial charge in [-0.1, -0.05) is 55.5 Å². The molecule has 168 valence electrons. The minimum absolute atomic E-state index is 0.0293. The van der Waals surface area contributed by atoms with Crippen molar-refractivity contribution in [1.82, 2.24) is 0 Å². The monoisotopic (exact) mass is 452 g/mol. The molecule has 33 heavy (non-hydrogen) atoms. The van der Waals surface area contributed by atoms with Crippen molar-refractivity contribution in [3.63, 3.8) is 0 Å². The summed E-state index contributed by atoms with van der Waals surface area (Å²) in [6.45, 7) is 2.02. The average Bonchev–Trinajstić information content (AvgIpc) is 3.03. The maximum atomic E-state index is 13.4. The Morgan fingerprint density at radius 1 is 0.879 bits per heavy atom. The van der Waals surface area contributed by atoms with E-state index in [2.05, 4.69) is 10.1 Å². The summed E-state index contributed by atoms with van der Waals surface area (Å²) in [4.78, 5) is 27.5. The SMILES string of the molecule is CCc1ccc(NC2=C(c3ccccc3)C(=O)N(c3cccc(OC(F)(F)F)c3)C2=O)cc1. The van der Waals surface area contributed by atoms with Crippen molar-refractivity contribution >= 4 is 28.8 Å². The first-order valence-corrected chi connectivity index (χ1v) is 10.2. The van der Waals surface area contributed by atoms with Crippen molar-refractivity contribution in [2.45, 2.75) is 19.7 Å². The highest BCUT2D eigenvalue weighted by Crippen LogP contribution is 2.35. The van der Waals surface area contributed by atoms with Crippen LogP contribution in [0.5, 0.6) is 5.75 Å². The lowest BCUT2D eigenvalue weighted by atomic mass is 10.0. The van der Waals surface area contributed by atoms with E-state index in [9.17, 15) is 22.8 Å². The van der Waals surface area contributed by atoms with Gasteiger partial charge in [-0.3, -0.25) is 9.59 Å². The highest BCUT2D eigenvalue weighted by Gasteiger charge is 2.40. The smallest absolute Gasteiger partial charge is 0.406 e. The summed E-state index contributed by atoms with van der Waals surface area (Å²) in [5.41, 5.74) is 2.36. The number of nitrogens with zero attached hydrogens (tertiary/aromatic N) is 1. The van der Waals surface area contributed by atoms with Crippen molar-refractivity contribution in [3.8, 4) is 5.75 Å². The Morgan fingerprint density at radius 3 is 2.21 bits per heavy atom. The molecule has 0 spiro atoms. The fourth-order valence-corrected chi connectivity index (χ4v) is 3.54. The lowest BCUT2D eigenvalue weighted by Gasteiger charge is -2.17. The molecule has 0 atom stereocenters. The van der Waals surface area contributed by atoms with Gasteiger partial charge in [-0.2, -0.15) is 0 Å². The van der Waals surface area contributed by atoms with Gasteiger partial charge in [0.05, 0.1) is 11.3 Å². The number of halogens is 3. The van der Waals surface area contributed by atoms with Crippen LogP contribution in [0.1, 0.15) is 18.1 Å². The number of ether oxygens (including phenoxy) is 1. The Balaban J connectivity index is 1.74. The normalized spacial score (nSPS) is 14.1. The maximum absolute atomic E-state index is 13.4. The average molecular weight is 452 g/mol. The second-order valence-corrected chi connectivity index (χ2v) is 7.28. The van der Waals surface area contributed by atoms with Crippen molar-refractivity contribution < 1.29 is 27.5 Å². The van der Waals surface area contributed by atoms with Crippen LogP contribution in [0, 0.1) is 0 Å². The summed E-state index contributed by atoms with van der Waals surface area (Å²) in [5.74, 6) is -1.86.